The zero-order chi connectivity index (χ0) is 32.7. The lowest BCUT2D eigenvalue weighted by molar-refractivity contribution is -0.0662. The van der Waals surface area contributed by atoms with Gasteiger partial charge in [-0.25, -0.2) is 27.9 Å². The molecule has 3 aliphatic rings. The van der Waals surface area contributed by atoms with Crippen LogP contribution in [0.2, 0.25) is 0 Å². The molecule has 7 heterocycles. The maximum absolute atomic E-state index is 15.9. The topological polar surface area (TPSA) is 309 Å². The Morgan fingerprint density at radius 2 is 1.17 bits per heavy atom. The van der Waals surface area contributed by atoms with Gasteiger partial charge in [0.05, 0.1) is 25.9 Å². The molecule has 46 heavy (non-hydrogen) atoms. The van der Waals surface area contributed by atoms with E-state index in [0.717, 1.165) is 21.8 Å². The smallest absolute Gasteiger partial charge is 0.369 e. The lowest BCUT2D eigenvalue weighted by atomic mass is 10.1. The molecular weight excluding hydrogens is 672 g/mol. The van der Waals surface area contributed by atoms with Crippen LogP contribution in [0.5, 0.6) is 0 Å². The van der Waals surface area contributed by atoms with Crippen molar-refractivity contribution in [3.05, 3.63) is 33.4 Å². The second-order valence-electron chi connectivity index (χ2n) is 10.2. The first-order valence-electron chi connectivity index (χ1n) is 13.1. The van der Waals surface area contributed by atoms with Crippen molar-refractivity contribution in [2.75, 3.05) is 24.7 Å². The Hall–Kier alpha value is -3.70. The molecule has 0 radical (unpaired) electrons. The van der Waals surface area contributed by atoms with Crippen molar-refractivity contribution in [2.24, 2.45) is 0 Å². The third-order valence-electron chi connectivity index (χ3n) is 7.30. The van der Waals surface area contributed by atoms with Crippen molar-refractivity contribution in [2.45, 2.75) is 49.2 Å². The minimum atomic E-state index is -5.22. The molecule has 8 N–H and O–H groups in total. The van der Waals surface area contributed by atoms with Crippen molar-refractivity contribution in [1.82, 2.24) is 39.0 Å². The Bertz CT molecular complexity index is 1910. The first-order valence-corrected chi connectivity index (χ1v) is 16.1. The number of phosphoric acid groups is 2. The van der Waals surface area contributed by atoms with Gasteiger partial charge in [0.2, 0.25) is 11.9 Å². The highest BCUT2D eigenvalue weighted by atomic mass is 31.2. The fourth-order valence-electron chi connectivity index (χ4n) is 5.32. The Morgan fingerprint density at radius 3 is 1.57 bits per heavy atom. The van der Waals surface area contributed by atoms with E-state index in [1.807, 2.05) is 0 Å². The zero-order valence-electron chi connectivity index (χ0n) is 22.7. The first kappa shape index (κ1) is 30.9. The van der Waals surface area contributed by atoms with E-state index < -0.39 is 89.2 Å². The van der Waals surface area contributed by atoms with Gasteiger partial charge in [0.15, 0.2) is 47.1 Å². The van der Waals surface area contributed by atoms with Crippen molar-refractivity contribution in [1.29, 1.82) is 0 Å². The number of halogens is 2. The number of hydrogen-bond acceptors (Lipinski definition) is 16. The zero-order valence-corrected chi connectivity index (χ0v) is 24.4. The van der Waals surface area contributed by atoms with E-state index in [4.69, 9.17) is 39.0 Å². The predicted molar refractivity (Wildman–Crippen MR) is 144 cm³/mol. The molecule has 3 fully saturated rings. The fourth-order valence-corrected chi connectivity index (χ4v) is 7.23. The molecule has 0 spiro atoms. The van der Waals surface area contributed by atoms with Crippen LogP contribution in [0.4, 0.5) is 20.7 Å². The average molecular weight is 694 g/mol. The van der Waals surface area contributed by atoms with Crippen LogP contribution in [-0.4, -0.2) is 98.8 Å². The SMILES string of the molecule is Nc1nc2c(ncn2[C@@H]2O[C@@H]3COP(=O)(O)O[C@@H]4[C@H](F)[C@@H](n5cnc6c(=O)[nH]c(N)nc65)O[C@H]4COP(=O)(O)O[C@H]3[C@H]2F)c(=O)[nH]1. The molecule has 4 aromatic heterocycles. The standard InChI is InChI=1S/C20H22F2N10O12P2/c21-7-11-5(41-17(7)31-3-25-9-13(31)27-19(23)29-15(9)33)1-39-45(35,36)44-12-6(2-40-46(37,38)43-11)42-18(8(12)22)32-4-26-10-14(32)28-20(24)30-16(10)34/h3-8,11-12,17-18H,1-2H2,(H,35,36)(H,37,38)(H3,23,27,29,33)(H3,24,28,30,34)/t5-,6+,7-,8+,11-,12+,17-,18+. The van der Waals surface area contributed by atoms with E-state index in [0.29, 0.717) is 0 Å². The Kier molecular flexibility index (Phi) is 7.36. The molecule has 0 aromatic carbocycles. The van der Waals surface area contributed by atoms with Crippen LogP contribution in [0.3, 0.4) is 0 Å². The van der Waals surface area contributed by atoms with Gasteiger partial charge in [-0.15, -0.1) is 0 Å². The highest BCUT2D eigenvalue weighted by Crippen LogP contribution is 2.54. The third-order valence-corrected chi connectivity index (χ3v) is 9.27. The number of imidazole rings is 2. The number of aromatic nitrogens is 8. The van der Waals surface area contributed by atoms with Gasteiger partial charge < -0.3 is 30.7 Å². The molecule has 3 saturated heterocycles. The number of nitrogens with two attached hydrogens (primary N) is 2. The molecule has 26 heteroatoms. The van der Waals surface area contributed by atoms with Crippen LogP contribution in [-0.2, 0) is 36.7 Å². The quantitative estimate of drug-likeness (QED) is 0.136. The van der Waals surface area contributed by atoms with Crippen LogP contribution in [0.15, 0.2) is 22.2 Å². The van der Waals surface area contributed by atoms with Gasteiger partial charge in [-0.2, -0.15) is 9.97 Å². The molecule has 0 aliphatic carbocycles. The molecule has 2 unspecified atom stereocenters. The van der Waals surface area contributed by atoms with E-state index in [9.17, 15) is 28.5 Å². The summed E-state index contributed by atoms with van der Waals surface area (Å²) in [6.07, 6.45) is -13.4. The largest absolute Gasteiger partial charge is 0.472 e. The van der Waals surface area contributed by atoms with Gasteiger partial charge in [0.1, 0.15) is 24.4 Å². The van der Waals surface area contributed by atoms with Gasteiger partial charge in [-0.1, -0.05) is 0 Å². The van der Waals surface area contributed by atoms with Crippen molar-refractivity contribution in [3.63, 3.8) is 0 Å². The molecule has 248 valence electrons. The third kappa shape index (κ3) is 5.31. The number of aromatic amines is 2. The Balaban J connectivity index is 1.18. The van der Waals surface area contributed by atoms with Crippen LogP contribution in [0.1, 0.15) is 12.5 Å². The van der Waals surface area contributed by atoms with Crippen LogP contribution in [0, 0.1) is 0 Å². The summed E-state index contributed by atoms with van der Waals surface area (Å²) in [7, 11) is -10.4. The number of ether oxygens (including phenoxy) is 2. The van der Waals surface area contributed by atoms with Gasteiger partial charge in [0.25, 0.3) is 11.1 Å². The summed E-state index contributed by atoms with van der Waals surface area (Å²) in [5.41, 5.74) is 8.77. The van der Waals surface area contributed by atoms with Gasteiger partial charge in [-0.05, 0) is 0 Å². The van der Waals surface area contributed by atoms with Gasteiger partial charge in [0, 0.05) is 0 Å². The van der Waals surface area contributed by atoms with Crippen LogP contribution in [0.25, 0.3) is 22.3 Å². The number of hydrogen-bond donors (Lipinski definition) is 6. The second-order valence-corrected chi connectivity index (χ2v) is 13.1. The minimum absolute atomic E-state index is 0.214. The normalized spacial score (nSPS) is 37.1. The number of fused-ring (bicyclic) bond motifs is 4. The molecule has 4 aromatic rings. The highest BCUT2D eigenvalue weighted by Gasteiger charge is 2.55. The lowest BCUT2D eigenvalue weighted by Gasteiger charge is -2.27. The average Bonchev–Trinajstić information content (AvgIpc) is 3.72. The molecule has 10 atom stereocenters. The summed E-state index contributed by atoms with van der Waals surface area (Å²) in [6.45, 7) is -1.98. The minimum Gasteiger partial charge on any atom is -0.369 e. The number of nitrogens with zero attached hydrogens (tertiary/aromatic N) is 6. The lowest BCUT2D eigenvalue weighted by Crippen LogP contribution is -2.37. The summed E-state index contributed by atoms with van der Waals surface area (Å²) in [5.74, 6) is -0.663. The van der Waals surface area contributed by atoms with Gasteiger partial charge >= 0.3 is 15.6 Å². The fraction of sp³-hybridized carbons (Fsp3) is 0.500. The number of alkyl halides is 2. The number of nitrogen functional groups attached to an aromatic ring is 2. The van der Waals surface area contributed by atoms with E-state index in [1.54, 1.807) is 0 Å². The van der Waals surface area contributed by atoms with Crippen molar-refractivity contribution in [3.8, 4) is 0 Å². The summed E-state index contributed by atoms with van der Waals surface area (Å²) >= 11 is 0. The number of phosphoric ester groups is 2. The molecule has 0 bridgehead atoms. The molecule has 0 amide bonds. The van der Waals surface area contributed by atoms with Crippen LogP contribution < -0.4 is 22.6 Å². The maximum Gasteiger partial charge on any atom is 0.472 e. The maximum atomic E-state index is 15.9. The second kappa shape index (κ2) is 10.9. The number of rotatable bonds is 2. The number of anilines is 2. The summed E-state index contributed by atoms with van der Waals surface area (Å²) in [4.78, 5) is 65.3. The highest BCUT2D eigenvalue weighted by molar-refractivity contribution is 7.47. The Morgan fingerprint density at radius 1 is 0.783 bits per heavy atom. The first-order chi connectivity index (χ1) is 21.7. The number of H-pyrrole nitrogens is 2. The van der Waals surface area contributed by atoms with E-state index in [-0.39, 0.29) is 34.2 Å². The molecule has 3 aliphatic heterocycles. The monoisotopic (exact) mass is 694 g/mol. The predicted octanol–water partition coefficient (Wildman–Crippen LogP) is -1.09. The van der Waals surface area contributed by atoms with Crippen molar-refractivity contribution < 1.29 is 55.3 Å². The number of nitrogens with one attached hydrogen (secondary N) is 2. The van der Waals surface area contributed by atoms with Crippen LogP contribution >= 0.6 is 15.6 Å². The molecule has 22 nitrogen and oxygen atoms in total. The Labute approximate surface area is 251 Å². The summed E-state index contributed by atoms with van der Waals surface area (Å²) < 4.78 is 91.0. The molecule has 0 saturated carbocycles. The van der Waals surface area contributed by atoms with E-state index >= 15 is 8.78 Å². The van der Waals surface area contributed by atoms with Gasteiger partial charge in [-0.3, -0.25) is 46.8 Å². The molecular formula is C20H22F2N10O12P2. The van der Waals surface area contributed by atoms with Crippen molar-refractivity contribution >= 4 is 49.9 Å². The summed E-state index contributed by atoms with van der Waals surface area (Å²) in [6, 6.07) is 0. The van der Waals surface area contributed by atoms with E-state index in [1.165, 1.54) is 0 Å². The van der Waals surface area contributed by atoms with E-state index in [2.05, 4.69) is 29.9 Å². The summed E-state index contributed by atoms with van der Waals surface area (Å²) in [5, 5.41) is 0. The molecule has 7 rings (SSSR count).